The highest BCUT2D eigenvalue weighted by molar-refractivity contribution is 6.32. The molecule has 0 aliphatic carbocycles. The molecule has 2 aromatic carbocycles. The summed E-state index contributed by atoms with van der Waals surface area (Å²) in [6, 6.07) is 11.3. The third-order valence-electron chi connectivity index (χ3n) is 3.12. The molecule has 4 heteroatoms. The quantitative estimate of drug-likeness (QED) is 0.636. The molecule has 0 radical (unpaired) electrons. The SMILES string of the molecule is Cc1cc(OCCCOc2ccc(N)cc2)cc(C)c1Cl. The summed E-state index contributed by atoms with van der Waals surface area (Å²) in [4.78, 5) is 0. The van der Waals surface area contributed by atoms with Crippen LogP contribution < -0.4 is 15.2 Å². The van der Waals surface area contributed by atoms with E-state index in [1.54, 1.807) is 0 Å². The second kappa shape index (κ2) is 7.23. The molecule has 0 saturated heterocycles. The van der Waals surface area contributed by atoms with Gasteiger partial charge in [-0.05, 0) is 61.4 Å². The van der Waals surface area contributed by atoms with Crippen LogP contribution in [-0.4, -0.2) is 13.2 Å². The van der Waals surface area contributed by atoms with E-state index in [4.69, 9.17) is 26.8 Å². The van der Waals surface area contributed by atoms with Gasteiger partial charge in [-0.2, -0.15) is 0 Å². The molecule has 21 heavy (non-hydrogen) atoms. The molecule has 0 fully saturated rings. The first-order valence-corrected chi connectivity index (χ1v) is 7.32. The standard InChI is InChI=1S/C17H20ClNO2/c1-12-10-16(11-13(2)17(12)18)21-9-3-8-20-15-6-4-14(19)5-7-15/h4-7,10-11H,3,8-9,19H2,1-2H3. The first-order valence-electron chi connectivity index (χ1n) is 6.94. The van der Waals surface area contributed by atoms with Crippen LogP contribution in [-0.2, 0) is 0 Å². The molecule has 0 aromatic heterocycles. The fourth-order valence-electron chi connectivity index (χ4n) is 1.99. The minimum atomic E-state index is 0.607. The van der Waals surface area contributed by atoms with E-state index >= 15 is 0 Å². The topological polar surface area (TPSA) is 44.5 Å². The number of ether oxygens (including phenoxy) is 2. The van der Waals surface area contributed by atoms with Crippen LogP contribution in [0.4, 0.5) is 5.69 Å². The van der Waals surface area contributed by atoms with E-state index in [9.17, 15) is 0 Å². The molecule has 0 saturated carbocycles. The number of nitrogen functional groups attached to an aromatic ring is 1. The predicted molar refractivity (Wildman–Crippen MR) is 87.4 cm³/mol. The third kappa shape index (κ3) is 4.57. The summed E-state index contributed by atoms with van der Waals surface area (Å²) in [5.74, 6) is 1.67. The lowest BCUT2D eigenvalue weighted by molar-refractivity contribution is 0.247. The molecule has 0 aliphatic rings. The summed E-state index contributed by atoms with van der Waals surface area (Å²) in [6.07, 6.45) is 0.811. The lowest BCUT2D eigenvalue weighted by Crippen LogP contribution is -2.05. The highest BCUT2D eigenvalue weighted by atomic mass is 35.5. The van der Waals surface area contributed by atoms with E-state index in [1.165, 1.54) is 0 Å². The molecule has 0 unspecified atom stereocenters. The van der Waals surface area contributed by atoms with E-state index in [-0.39, 0.29) is 0 Å². The predicted octanol–water partition coefficient (Wildman–Crippen LogP) is 4.39. The average Bonchev–Trinajstić information content (AvgIpc) is 2.46. The number of halogens is 1. The van der Waals surface area contributed by atoms with Gasteiger partial charge in [0.2, 0.25) is 0 Å². The molecule has 112 valence electrons. The summed E-state index contributed by atoms with van der Waals surface area (Å²) in [6.45, 7) is 5.17. The average molecular weight is 306 g/mol. The van der Waals surface area contributed by atoms with Gasteiger partial charge in [0.1, 0.15) is 11.5 Å². The Morgan fingerprint density at radius 3 is 2.00 bits per heavy atom. The van der Waals surface area contributed by atoms with Crippen molar-refractivity contribution in [2.45, 2.75) is 20.3 Å². The van der Waals surface area contributed by atoms with Crippen molar-refractivity contribution in [1.29, 1.82) is 0 Å². The molecule has 3 nitrogen and oxygen atoms in total. The van der Waals surface area contributed by atoms with Crippen molar-refractivity contribution in [1.82, 2.24) is 0 Å². The van der Waals surface area contributed by atoms with E-state index in [2.05, 4.69) is 0 Å². The number of anilines is 1. The summed E-state index contributed by atoms with van der Waals surface area (Å²) in [5.41, 5.74) is 8.42. The van der Waals surface area contributed by atoms with Crippen molar-refractivity contribution in [2.24, 2.45) is 0 Å². The van der Waals surface area contributed by atoms with Crippen molar-refractivity contribution in [3.8, 4) is 11.5 Å². The number of rotatable bonds is 6. The Hall–Kier alpha value is -1.87. The van der Waals surface area contributed by atoms with Crippen LogP contribution in [0.25, 0.3) is 0 Å². The fraction of sp³-hybridized carbons (Fsp3) is 0.294. The summed E-state index contributed by atoms with van der Waals surface area (Å²) in [7, 11) is 0. The fourth-order valence-corrected chi connectivity index (χ4v) is 2.10. The molecule has 0 heterocycles. The Kier molecular flexibility index (Phi) is 5.34. The molecule has 0 aliphatic heterocycles. The molecule has 0 atom stereocenters. The van der Waals surface area contributed by atoms with Crippen molar-refractivity contribution in [3.05, 3.63) is 52.5 Å². The first-order chi connectivity index (χ1) is 10.1. The van der Waals surface area contributed by atoms with Crippen LogP contribution in [0.15, 0.2) is 36.4 Å². The Balaban J connectivity index is 1.74. The van der Waals surface area contributed by atoms with Crippen molar-refractivity contribution >= 4 is 17.3 Å². The maximum absolute atomic E-state index is 6.13. The summed E-state index contributed by atoms with van der Waals surface area (Å²) >= 11 is 6.13. The van der Waals surface area contributed by atoms with Crippen molar-refractivity contribution in [2.75, 3.05) is 18.9 Å². The van der Waals surface area contributed by atoms with E-state index < -0.39 is 0 Å². The summed E-state index contributed by atoms with van der Waals surface area (Å²) < 4.78 is 11.3. The zero-order valence-corrected chi connectivity index (χ0v) is 13.1. The zero-order chi connectivity index (χ0) is 15.2. The van der Waals surface area contributed by atoms with Gasteiger partial charge in [-0.25, -0.2) is 0 Å². The monoisotopic (exact) mass is 305 g/mol. The number of aryl methyl sites for hydroxylation is 2. The smallest absolute Gasteiger partial charge is 0.119 e. The molecule has 0 spiro atoms. The third-order valence-corrected chi connectivity index (χ3v) is 3.71. The number of hydrogen-bond acceptors (Lipinski definition) is 3. The minimum absolute atomic E-state index is 0.607. The molecule has 2 N–H and O–H groups in total. The van der Waals surface area contributed by atoms with Crippen LogP contribution >= 0.6 is 11.6 Å². The van der Waals surface area contributed by atoms with Gasteiger partial charge in [0.15, 0.2) is 0 Å². The molecule has 2 rings (SSSR count). The van der Waals surface area contributed by atoms with Gasteiger partial charge in [-0.15, -0.1) is 0 Å². The largest absolute Gasteiger partial charge is 0.493 e. The molecule has 0 amide bonds. The van der Waals surface area contributed by atoms with Crippen LogP contribution in [0.3, 0.4) is 0 Å². The molecule has 2 aromatic rings. The van der Waals surface area contributed by atoms with E-state index in [0.29, 0.717) is 13.2 Å². The maximum Gasteiger partial charge on any atom is 0.119 e. The summed E-state index contributed by atoms with van der Waals surface area (Å²) in [5, 5.41) is 0.800. The van der Waals surface area contributed by atoms with Crippen molar-refractivity contribution < 1.29 is 9.47 Å². The van der Waals surface area contributed by atoms with Gasteiger partial charge < -0.3 is 15.2 Å². The Morgan fingerprint density at radius 1 is 0.905 bits per heavy atom. The van der Waals surface area contributed by atoms with Gasteiger partial charge in [0, 0.05) is 17.1 Å². The first kappa shape index (κ1) is 15.5. The molecular weight excluding hydrogens is 286 g/mol. The Labute approximate surface area is 130 Å². The van der Waals surface area contributed by atoms with Gasteiger partial charge in [-0.1, -0.05) is 11.6 Å². The Bertz CT molecular complexity index is 573. The van der Waals surface area contributed by atoms with E-state index in [0.717, 1.165) is 39.8 Å². The van der Waals surface area contributed by atoms with Gasteiger partial charge in [0.05, 0.1) is 13.2 Å². The highest BCUT2D eigenvalue weighted by Crippen LogP contribution is 2.25. The van der Waals surface area contributed by atoms with Crippen LogP contribution in [0.5, 0.6) is 11.5 Å². The minimum Gasteiger partial charge on any atom is -0.493 e. The lowest BCUT2D eigenvalue weighted by atomic mass is 10.1. The van der Waals surface area contributed by atoms with Crippen LogP contribution in [0.1, 0.15) is 17.5 Å². The number of nitrogens with two attached hydrogens (primary N) is 1. The van der Waals surface area contributed by atoms with Gasteiger partial charge in [0.25, 0.3) is 0 Å². The number of benzene rings is 2. The lowest BCUT2D eigenvalue weighted by Gasteiger charge is -2.10. The Morgan fingerprint density at radius 2 is 1.43 bits per heavy atom. The number of hydrogen-bond donors (Lipinski definition) is 1. The second-order valence-electron chi connectivity index (χ2n) is 4.99. The van der Waals surface area contributed by atoms with E-state index in [1.807, 2.05) is 50.2 Å². The highest BCUT2D eigenvalue weighted by Gasteiger charge is 2.03. The van der Waals surface area contributed by atoms with Gasteiger partial charge >= 0.3 is 0 Å². The molecule has 0 bridgehead atoms. The second-order valence-corrected chi connectivity index (χ2v) is 5.37. The van der Waals surface area contributed by atoms with Crippen molar-refractivity contribution in [3.63, 3.8) is 0 Å². The maximum atomic E-state index is 6.13. The van der Waals surface area contributed by atoms with Gasteiger partial charge in [-0.3, -0.25) is 0 Å². The molecular formula is C17H20ClNO2. The van der Waals surface area contributed by atoms with Crippen LogP contribution in [0, 0.1) is 13.8 Å². The zero-order valence-electron chi connectivity index (χ0n) is 12.4. The van der Waals surface area contributed by atoms with Crippen LogP contribution in [0.2, 0.25) is 5.02 Å². The normalized spacial score (nSPS) is 10.4.